The van der Waals surface area contributed by atoms with Crippen molar-refractivity contribution in [3.8, 4) is 5.75 Å². The highest BCUT2D eigenvalue weighted by Gasteiger charge is 2.34. The normalized spacial score (nSPS) is 11.7. The summed E-state index contributed by atoms with van der Waals surface area (Å²) < 4.78 is 50.8. The summed E-state index contributed by atoms with van der Waals surface area (Å²) in [7, 11) is 0. The van der Waals surface area contributed by atoms with Gasteiger partial charge >= 0.3 is 12.3 Å². The Kier molecular flexibility index (Phi) is 6.70. The molecule has 0 saturated heterocycles. The second-order valence-electron chi connectivity index (χ2n) is 7.94. The summed E-state index contributed by atoms with van der Waals surface area (Å²) in [6, 6.07) is 7.78. The molecule has 174 valence electrons. The van der Waals surface area contributed by atoms with E-state index in [9.17, 15) is 22.8 Å². The molecule has 0 aliphatic rings. The number of halogens is 3. The van der Waals surface area contributed by atoms with E-state index >= 15 is 0 Å². The number of anilines is 1. The second-order valence-corrected chi connectivity index (χ2v) is 7.94. The average Bonchev–Trinajstić information content (AvgIpc) is 3.19. The van der Waals surface area contributed by atoms with Gasteiger partial charge in [-0.1, -0.05) is 12.1 Å². The Labute approximate surface area is 187 Å². The lowest BCUT2D eigenvalue weighted by atomic mass is 10.2. The molecule has 0 unspecified atom stereocenters. The molecule has 2 heterocycles. The molecule has 3 aromatic rings. The smallest absolute Gasteiger partial charge is 0.435 e. The van der Waals surface area contributed by atoms with Gasteiger partial charge in [-0.25, -0.2) is 4.79 Å². The quantitative estimate of drug-likeness (QED) is 0.579. The standard InChI is InChI=1S/C22H21F3N4O4/c1-21(2,3)33-20(31)29-12-15(11-27-29)28-19(30)17-10-14(8-9-26-17)13-32-18-7-5-4-6-16(18)22(23,24)25/h4-12H,13H2,1-3H3,(H,28,30). The number of para-hydroxylation sites is 1. The fraction of sp³-hybridized carbons (Fsp3) is 0.273. The second kappa shape index (κ2) is 9.31. The Hall–Kier alpha value is -3.89. The van der Waals surface area contributed by atoms with Crippen LogP contribution in [-0.4, -0.2) is 32.4 Å². The van der Waals surface area contributed by atoms with Crippen molar-refractivity contribution in [2.45, 2.75) is 39.2 Å². The van der Waals surface area contributed by atoms with E-state index in [0.717, 1.165) is 10.7 Å². The van der Waals surface area contributed by atoms with Gasteiger partial charge in [0.25, 0.3) is 5.91 Å². The van der Waals surface area contributed by atoms with Crippen LogP contribution in [0, 0.1) is 0 Å². The fourth-order valence-corrected chi connectivity index (χ4v) is 2.67. The van der Waals surface area contributed by atoms with Crippen molar-refractivity contribution in [1.29, 1.82) is 0 Å². The minimum atomic E-state index is -4.55. The van der Waals surface area contributed by atoms with Crippen LogP contribution in [0.4, 0.5) is 23.7 Å². The molecule has 0 bridgehead atoms. The summed E-state index contributed by atoms with van der Waals surface area (Å²) in [5.74, 6) is -0.918. The van der Waals surface area contributed by atoms with Gasteiger partial charge in [-0.2, -0.15) is 23.0 Å². The predicted octanol–water partition coefficient (Wildman–Crippen LogP) is 4.91. The van der Waals surface area contributed by atoms with Crippen molar-refractivity contribution >= 4 is 17.7 Å². The van der Waals surface area contributed by atoms with E-state index in [4.69, 9.17) is 9.47 Å². The zero-order valence-corrected chi connectivity index (χ0v) is 18.0. The number of benzene rings is 1. The lowest BCUT2D eigenvalue weighted by molar-refractivity contribution is -0.139. The first-order valence-corrected chi connectivity index (χ1v) is 9.76. The first-order valence-electron chi connectivity index (χ1n) is 9.76. The van der Waals surface area contributed by atoms with E-state index in [1.54, 1.807) is 20.8 Å². The van der Waals surface area contributed by atoms with Gasteiger partial charge in [0.05, 0.1) is 23.6 Å². The zero-order valence-electron chi connectivity index (χ0n) is 18.0. The highest BCUT2D eigenvalue weighted by atomic mass is 19.4. The van der Waals surface area contributed by atoms with Crippen molar-refractivity contribution in [1.82, 2.24) is 14.8 Å². The maximum atomic E-state index is 13.1. The number of ether oxygens (including phenoxy) is 2. The molecule has 1 N–H and O–H groups in total. The van der Waals surface area contributed by atoms with Gasteiger partial charge in [-0.3, -0.25) is 9.78 Å². The topological polar surface area (TPSA) is 95.3 Å². The van der Waals surface area contributed by atoms with Gasteiger partial charge in [0.2, 0.25) is 0 Å². The van der Waals surface area contributed by atoms with Crippen LogP contribution in [0.1, 0.15) is 42.4 Å². The van der Waals surface area contributed by atoms with E-state index in [1.807, 2.05) is 0 Å². The lowest BCUT2D eigenvalue weighted by Gasteiger charge is -2.18. The molecule has 2 aromatic heterocycles. The number of carbonyl (C=O) groups is 2. The number of rotatable bonds is 5. The number of carbonyl (C=O) groups excluding carboxylic acids is 2. The predicted molar refractivity (Wildman–Crippen MR) is 112 cm³/mol. The van der Waals surface area contributed by atoms with Crippen LogP contribution in [0.5, 0.6) is 5.75 Å². The van der Waals surface area contributed by atoms with Crippen molar-refractivity contribution in [3.63, 3.8) is 0 Å². The molecule has 11 heteroatoms. The molecule has 3 rings (SSSR count). The monoisotopic (exact) mass is 462 g/mol. The number of nitrogens with zero attached hydrogens (tertiary/aromatic N) is 3. The van der Waals surface area contributed by atoms with Gasteiger partial charge in [0, 0.05) is 6.20 Å². The van der Waals surface area contributed by atoms with Crippen molar-refractivity contribution in [3.05, 3.63) is 71.8 Å². The number of hydrogen-bond donors (Lipinski definition) is 1. The minimum absolute atomic E-state index is 0.00484. The molecule has 0 saturated carbocycles. The molecule has 33 heavy (non-hydrogen) atoms. The molecule has 0 radical (unpaired) electrons. The SMILES string of the molecule is CC(C)(C)OC(=O)n1cc(NC(=O)c2cc(COc3ccccc3C(F)(F)F)ccn2)cn1. The maximum Gasteiger partial charge on any atom is 0.435 e. The summed E-state index contributed by atoms with van der Waals surface area (Å²) in [6.45, 7) is 4.93. The summed E-state index contributed by atoms with van der Waals surface area (Å²) in [5.41, 5.74) is -0.923. The molecule has 0 fully saturated rings. The first kappa shape index (κ1) is 23.8. The summed E-state index contributed by atoms with van der Waals surface area (Å²) >= 11 is 0. The highest BCUT2D eigenvalue weighted by Crippen LogP contribution is 2.36. The van der Waals surface area contributed by atoms with Gasteiger partial charge in [-0.15, -0.1) is 0 Å². The zero-order chi connectivity index (χ0) is 24.2. The Morgan fingerprint density at radius 3 is 2.55 bits per heavy atom. The Morgan fingerprint density at radius 2 is 1.85 bits per heavy atom. The number of pyridine rings is 1. The van der Waals surface area contributed by atoms with Crippen LogP contribution in [0.15, 0.2) is 55.0 Å². The van der Waals surface area contributed by atoms with E-state index < -0.39 is 29.3 Å². The van der Waals surface area contributed by atoms with Crippen LogP contribution < -0.4 is 10.1 Å². The minimum Gasteiger partial charge on any atom is -0.488 e. The summed E-state index contributed by atoms with van der Waals surface area (Å²) in [5, 5.41) is 6.39. The molecule has 1 amide bonds. The van der Waals surface area contributed by atoms with Crippen molar-refractivity contribution in [2.75, 3.05) is 5.32 Å². The third-order valence-corrected chi connectivity index (χ3v) is 4.06. The average molecular weight is 462 g/mol. The van der Waals surface area contributed by atoms with Crippen molar-refractivity contribution < 1.29 is 32.2 Å². The maximum absolute atomic E-state index is 13.1. The largest absolute Gasteiger partial charge is 0.488 e. The molecule has 0 aliphatic carbocycles. The molecule has 0 atom stereocenters. The van der Waals surface area contributed by atoms with E-state index in [2.05, 4.69) is 15.4 Å². The lowest BCUT2D eigenvalue weighted by Crippen LogP contribution is -2.27. The number of amides is 1. The Balaban J connectivity index is 1.66. The summed E-state index contributed by atoms with van der Waals surface area (Å²) in [4.78, 5) is 28.5. The first-order chi connectivity index (χ1) is 15.4. The van der Waals surface area contributed by atoms with Crippen molar-refractivity contribution in [2.24, 2.45) is 0 Å². The number of hydrogen-bond acceptors (Lipinski definition) is 6. The van der Waals surface area contributed by atoms with Crippen LogP contribution >= 0.6 is 0 Å². The van der Waals surface area contributed by atoms with E-state index in [0.29, 0.717) is 5.56 Å². The number of aromatic nitrogens is 3. The van der Waals surface area contributed by atoms with E-state index in [1.165, 1.54) is 48.9 Å². The third-order valence-electron chi connectivity index (χ3n) is 4.06. The van der Waals surface area contributed by atoms with Gasteiger partial charge in [-0.05, 0) is 50.6 Å². The van der Waals surface area contributed by atoms with Crippen LogP contribution in [0.3, 0.4) is 0 Å². The number of nitrogens with one attached hydrogen (secondary N) is 1. The fourth-order valence-electron chi connectivity index (χ4n) is 2.67. The Morgan fingerprint density at radius 1 is 1.12 bits per heavy atom. The highest BCUT2D eigenvalue weighted by molar-refractivity contribution is 6.02. The van der Waals surface area contributed by atoms with Gasteiger partial charge in [0.15, 0.2) is 0 Å². The molecule has 1 aromatic carbocycles. The molecule has 0 aliphatic heterocycles. The van der Waals surface area contributed by atoms with Crippen LogP contribution in [0.2, 0.25) is 0 Å². The van der Waals surface area contributed by atoms with Crippen LogP contribution in [-0.2, 0) is 17.5 Å². The molecular formula is C22H21F3N4O4. The Bertz CT molecular complexity index is 1150. The third kappa shape index (κ3) is 6.55. The number of alkyl halides is 3. The van der Waals surface area contributed by atoms with Crippen LogP contribution in [0.25, 0.3) is 0 Å². The van der Waals surface area contributed by atoms with Gasteiger partial charge < -0.3 is 14.8 Å². The van der Waals surface area contributed by atoms with E-state index in [-0.39, 0.29) is 23.7 Å². The van der Waals surface area contributed by atoms with Gasteiger partial charge in [0.1, 0.15) is 23.7 Å². The molecule has 8 nitrogen and oxygen atoms in total. The molecular weight excluding hydrogens is 441 g/mol. The molecule has 0 spiro atoms. The summed E-state index contributed by atoms with van der Waals surface area (Å²) in [6.07, 6.45) is -1.37.